The van der Waals surface area contributed by atoms with Crippen LogP contribution in [0.4, 0.5) is 0 Å². The molecular formula is C9H15NO2. The predicted molar refractivity (Wildman–Crippen MR) is 47.1 cm³/mol. The molecule has 0 atom stereocenters. The van der Waals surface area contributed by atoms with Gasteiger partial charge >= 0.3 is 0 Å². The Kier molecular flexibility index (Phi) is 3.84. The third-order valence-corrected chi connectivity index (χ3v) is 1.74. The molecule has 0 amide bonds. The van der Waals surface area contributed by atoms with Crippen molar-refractivity contribution in [3.8, 4) is 0 Å². The summed E-state index contributed by atoms with van der Waals surface area (Å²) < 4.78 is 10.3. The van der Waals surface area contributed by atoms with Gasteiger partial charge in [0.05, 0.1) is 12.9 Å². The van der Waals surface area contributed by atoms with Crippen molar-refractivity contribution in [2.45, 2.75) is 13.0 Å². The van der Waals surface area contributed by atoms with Crippen LogP contribution in [0, 0.1) is 0 Å². The Morgan fingerprint density at radius 1 is 1.58 bits per heavy atom. The highest BCUT2D eigenvalue weighted by Gasteiger charge is 2.04. The quantitative estimate of drug-likeness (QED) is 0.719. The molecule has 0 aliphatic rings. The third kappa shape index (κ3) is 2.36. The first-order chi connectivity index (χ1) is 5.88. The maximum atomic E-state index is 5.30. The van der Waals surface area contributed by atoms with Gasteiger partial charge in [0.2, 0.25) is 0 Å². The molecule has 1 N–H and O–H groups in total. The van der Waals surface area contributed by atoms with Crippen LogP contribution in [0.15, 0.2) is 16.7 Å². The monoisotopic (exact) mass is 169 g/mol. The van der Waals surface area contributed by atoms with Gasteiger partial charge in [-0.25, -0.2) is 0 Å². The normalized spacial score (nSPS) is 10.5. The van der Waals surface area contributed by atoms with E-state index in [9.17, 15) is 0 Å². The minimum atomic E-state index is 0.634. The molecule has 0 saturated carbocycles. The molecule has 1 rings (SSSR count). The predicted octanol–water partition coefficient (Wildman–Crippen LogP) is 1.19. The maximum absolute atomic E-state index is 5.30. The van der Waals surface area contributed by atoms with E-state index in [0.717, 1.165) is 24.3 Å². The van der Waals surface area contributed by atoms with Crippen LogP contribution in [-0.4, -0.2) is 20.7 Å². The van der Waals surface area contributed by atoms with Crippen LogP contribution in [0.5, 0.6) is 0 Å². The highest BCUT2D eigenvalue weighted by Crippen LogP contribution is 2.11. The summed E-state index contributed by atoms with van der Waals surface area (Å²) in [5.41, 5.74) is 1.15. The Hall–Kier alpha value is -0.800. The van der Waals surface area contributed by atoms with Crippen LogP contribution >= 0.6 is 0 Å². The van der Waals surface area contributed by atoms with Crippen molar-refractivity contribution in [3.63, 3.8) is 0 Å². The zero-order chi connectivity index (χ0) is 8.81. The van der Waals surface area contributed by atoms with Crippen LogP contribution in [-0.2, 0) is 17.8 Å². The molecule has 1 heterocycles. The molecule has 0 fully saturated rings. The number of likely N-dealkylation sites (N-methyl/N-ethyl adjacent to an activating group) is 1. The lowest BCUT2D eigenvalue weighted by molar-refractivity contribution is 0.183. The highest BCUT2D eigenvalue weighted by atomic mass is 16.5. The van der Waals surface area contributed by atoms with Crippen molar-refractivity contribution in [1.82, 2.24) is 5.32 Å². The summed E-state index contributed by atoms with van der Waals surface area (Å²) in [4.78, 5) is 0. The van der Waals surface area contributed by atoms with E-state index in [4.69, 9.17) is 9.15 Å². The lowest BCUT2D eigenvalue weighted by atomic mass is 10.2. The molecule has 0 aliphatic heterocycles. The lowest BCUT2D eigenvalue weighted by Gasteiger charge is -2.00. The Bertz CT molecular complexity index is 220. The van der Waals surface area contributed by atoms with Gasteiger partial charge in [0, 0.05) is 25.6 Å². The van der Waals surface area contributed by atoms with Gasteiger partial charge in [0.1, 0.15) is 5.76 Å². The van der Waals surface area contributed by atoms with Crippen molar-refractivity contribution < 1.29 is 9.15 Å². The van der Waals surface area contributed by atoms with Crippen LogP contribution in [0.25, 0.3) is 0 Å². The third-order valence-electron chi connectivity index (χ3n) is 1.74. The van der Waals surface area contributed by atoms with E-state index >= 15 is 0 Å². The van der Waals surface area contributed by atoms with Crippen LogP contribution < -0.4 is 5.32 Å². The SMILES string of the molecule is CNCCc1occc1COC. The standard InChI is InChI=1S/C9H15NO2/c1-10-5-3-9-8(7-11-2)4-6-12-9/h4,6,10H,3,5,7H2,1-2H3. The topological polar surface area (TPSA) is 34.4 Å². The van der Waals surface area contributed by atoms with Gasteiger partial charge in [-0.3, -0.25) is 0 Å². The first kappa shape index (κ1) is 9.29. The number of hydrogen-bond donors (Lipinski definition) is 1. The molecule has 12 heavy (non-hydrogen) atoms. The Balaban J connectivity index is 2.51. The van der Waals surface area contributed by atoms with Gasteiger partial charge in [0.25, 0.3) is 0 Å². The second-order valence-corrected chi connectivity index (χ2v) is 2.66. The number of nitrogens with one attached hydrogen (secondary N) is 1. The zero-order valence-electron chi connectivity index (χ0n) is 7.59. The van der Waals surface area contributed by atoms with Gasteiger partial charge < -0.3 is 14.5 Å². The van der Waals surface area contributed by atoms with Crippen molar-refractivity contribution in [2.24, 2.45) is 0 Å². The first-order valence-electron chi connectivity index (χ1n) is 4.07. The summed E-state index contributed by atoms with van der Waals surface area (Å²) in [7, 11) is 3.62. The van der Waals surface area contributed by atoms with Crippen molar-refractivity contribution in [1.29, 1.82) is 0 Å². The Morgan fingerprint density at radius 3 is 3.08 bits per heavy atom. The van der Waals surface area contributed by atoms with Gasteiger partial charge in [-0.1, -0.05) is 0 Å². The highest BCUT2D eigenvalue weighted by molar-refractivity contribution is 5.16. The van der Waals surface area contributed by atoms with E-state index in [1.54, 1.807) is 13.4 Å². The molecule has 0 saturated heterocycles. The molecule has 3 heteroatoms. The number of methoxy groups -OCH3 is 1. The van der Waals surface area contributed by atoms with E-state index in [-0.39, 0.29) is 0 Å². The minimum Gasteiger partial charge on any atom is -0.469 e. The molecule has 0 unspecified atom stereocenters. The number of rotatable bonds is 5. The van der Waals surface area contributed by atoms with E-state index in [1.165, 1.54) is 0 Å². The van der Waals surface area contributed by atoms with Gasteiger partial charge in [-0.2, -0.15) is 0 Å². The van der Waals surface area contributed by atoms with Crippen molar-refractivity contribution >= 4 is 0 Å². The summed E-state index contributed by atoms with van der Waals surface area (Å²) >= 11 is 0. The largest absolute Gasteiger partial charge is 0.469 e. The minimum absolute atomic E-state index is 0.634. The Labute approximate surface area is 72.7 Å². The summed E-state index contributed by atoms with van der Waals surface area (Å²) in [5, 5.41) is 3.07. The molecule has 0 bridgehead atoms. The summed E-state index contributed by atoms with van der Waals surface area (Å²) in [5.74, 6) is 1.02. The van der Waals surface area contributed by atoms with Crippen LogP contribution in [0.2, 0.25) is 0 Å². The van der Waals surface area contributed by atoms with E-state index in [2.05, 4.69) is 5.32 Å². The summed E-state index contributed by atoms with van der Waals surface area (Å²) in [6.07, 6.45) is 2.63. The fraction of sp³-hybridized carbons (Fsp3) is 0.556. The number of ether oxygens (including phenoxy) is 1. The fourth-order valence-corrected chi connectivity index (χ4v) is 1.11. The lowest BCUT2D eigenvalue weighted by Crippen LogP contribution is -2.10. The molecule has 0 aromatic carbocycles. The molecule has 3 nitrogen and oxygen atoms in total. The average Bonchev–Trinajstić information content (AvgIpc) is 2.50. The van der Waals surface area contributed by atoms with Gasteiger partial charge in [-0.05, 0) is 13.1 Å². The average molecular weight is 169 g/mol. The van der Waals surface area contributed by atoms with E-state index in [0.29, 0.717) is 6.61 Å². The fourth-order valence-electron chi connectivity index (χ4n) is 1.11. The second-order valence-electron chi connectivity index (χ2n) is 2.66. The Morgan fingerprint density at radius 2 is 2.42 bits per heavy atom. The molecule has 1 aromatic rings. The molecule has 0 aliphatic carbocycles. The van der Waals surface area contributed by atoms with Crippen molar-refractivity contribution in [2.75, 3.05) is 20.7 Å². The summed E-state index contributed by atoms with van der Waals surface area (Å²) in [6, 6.07) is 1.95. The number of hydrogen-bond acceptors (Lipinski definition) is 3. The summed E-state index contributed by atoms with van der Waals surface area (Å²) in [6.45, 7) is 1.57. The molecule has 0 spiro atoms. The number of furan rings is 1. The molecule has 1 aromatic heterocycles. The molecule has 68 valence electrons. The van der Waals surface area contributed by atoms with Crippen molar-refractivity contribution in [3.05, 3.63) is 23.7 Å². The smallest absolute Gasteiger partial charge is 0.110 e. The van der Waals surface area contributed by atoms with Gasteiger partial charge in [-0.15, -0.1) is 0 Å². The second kappa shape index (κ2) is 4.95. The maximum Gasteiger partial charge on any atom is 0.110 e. The zero-order valence-corrected chi connectivity index (χ0v) is 7.59. The van der Waals surface area contributed by atoms with Crippen LogP contribution in [0.1, 0.15) is 11.3 Å². The van der Waals surface area contributed by atoms with Crippen LogP contribution in [0.3, 0.4) is 0 Å². The first-order valence-corrected chi connectivity index (χ1v) is 4.07. The van der Waals surface area contributed by atoms with E-state index < -0.39 is 0 Å². The van der Waals surface area contributed by atoms with E-state index in [1.807, 2.05) is 13.1 Å². The van der Waals surface area contributed by atoms with Gasteiger partial charge in [0.15, 0.2) is 0 Å². The molecule has 0 radical (unpaired) electrons. The molecular weight excluding hydrogens is 154 g/mol.